The number of hydrogen-bond donors (Lipinski definition) is 1. The third-order valence-electron chi connectivity index (χ3n) is 2.39. The molecule has 0 unspecified atom stereocenters. The van der Waals surface area contributed by atoms with E-state index < -0.39 is 0 Å². The smallest absolute Gasteiger partial charge is 0.127 e. The lowest BCUT2D eigenvalue weighted by atomic mass is 10.1. The molecule has 0 saturated carbocycles. The number of benzene rings is 2. The molecule has 0 aromatic heterocycles. The Bertz CT molecular complexity index is 463. The van der Waals surface area contributed by atoms with Crippen molar-refractivity contribution in [2.75, 3.05) is 6.61 Å². The number of hydrogen-bond acceptors (Lipinski definition) is 2. The number of fused-ring (bicyclic) bond motifs is 1. The van der Waals surface area contributed by atoms with Gasteiger partial charge in [-0.1, -0.05) is 24.3 Å². The normalized spacial score (nSPS) is 10.5. The molecular weight excluding hydrogens is 188 g/mol. The Morgan fingerprint density at radius 2 is 2.07 bits per heavy atom. The maximum Gasteiger partial charge on any atom is 0.127 e. The maximum absolute atomic E-state index is 9.04. The zero-order valence-electron chi connectivity index (χ0n) is 8.73. The van der Waals surface area contributed by atoms with Crippen molar-refractivity contribution in [1.82, 2.24) is 0 Å². The Kier molecular flexibility index (Phi) is 2.88. The van der Waals surface area contributed by atoms with Crippen LogP contribution in [-0.4, -0.2) is 11.7 Å². The average Bonchev–Trinajstić information content (AvgIpc) is 2.29. The van der Waals surface area contributed by atoms with Crippen LogP contribution in [0.5, 0.6) is 5.75 Å². The zero-order valence-corrected chi connectivity index (χ0v) is 8.73. The quantitative estimate of drug-likeness (QED) is 0.829. The fourth-order valence-corrected chi connectivity index (χ4v) is 1.68. The van der Waals surface area contributed by atoms with Crippen molar-refractivity contribution >= 4 is 10.8 Å². The summed E-state index contributed by atoms with van der Waals surface area (Å²) in [4.78, 5) is 0. The van der Waals surface area contributed by atoms with E-state index in [1.54, 1.807) is 0 Å². The van der Waals surface area contributed by atoms with E-state index in [9.17, 15) is 0 Å². The Labute approximate surface area is 89.1 Å². The van der Waals surface area contributed by atoms with Crippen LogP contribution in [0.4, 0.5) is 0 Å². The minimum absolute atomic E-state index is 0.0782. The zero-order chi connectivity index (χ0) is 10.7. The predicted octanol–water partition coefficient (Wildman–Crippen LogP) is 2.73. The van der Waals surface area contributed by atoms with Gasteiger partial charge in [0, 0.05) is 5.39 Å². The average molecular weight is 202 g/mol. The first-order chi connectivity index (χ1) is 7.35. The van der Waals surface area contributed by atoms with Crippen LogP contribution in [0.25, 0.3) is 10.8 Å². The van der Waals surface area contributed by atoms with E-state index in [1.807, 2.05) is 43.3 Å². The lowest BCUT2D eigenvalue weighted by Gasteiger charge is -2.07. The monoisotopic (exact) mass is 202 g/mol. The summed E-state index contributed by atoms with van der Waals surface area (Å²) >= 11 is 0. The molecule has 0 heterocycles. The molecule has 2 heteroatoms. The van der Waals surface area contributed by atoms with Gasteiger partial charge in [-0.3, -0.25) is 0 Å². The molecule has 0 amide bonds. The molecule has 2 aromatic carbocycles. The molecule has 2 nitrogen and oxygen atoms in total. The van der Waals surface area contributed by atoms with E-state index >= 15 is 0 Å². The van der Waals surface area contributed by atoms with Crippen molar-refractivity contribution in [3.63, 3.8) is 0 Å². The topological polar surface area (TPSA) is 29.5 Å². The highest BCUT2D eigenvalue weighted by Crippen LogP contribution is 2.26. The van der Waals surface area contributed by atoms with Gasteiger partial charge in [0.15, 0.2) is 0 Å². The minimum Gasteiger partial charge on any atom is -0.493 e. The van der Waals surface area contributed by atoms with Crippen LogP contribution in [0, 0.1) is 0 Å². The van der Waals surface area contributed by atoms with Gasteiger partial charge in [0.1, 0.15) is 5.75 Å². The molecule has 0 atom stereocenters. The summed E-state index contributed by atoms with van der Waals surface area (Å²) in [5, 5.41) is 11.2. The van der Waals surface area contributed by atoms with Crippen molar-refractivity contribution in [2.24, 2.45) is 0 Å². The number of rotatable bonds is 3. The summed E-state index contributed by atoms with van der Waals surface area (Å²) in [6.07, 6.45) is 0. The van der Waals surface area contributed by atoms with Crippen molar-refractivity contribution in [1.29, 1.82) is 0 Å². The molecule has 1 N–H and O–H groups in total. The molecule has 0 aliphatic carbocycles. The predicted molar refractivity (Wildman–Crippen MR) is 61.0 cm³/mol. The highest BCUT2D eigenvalue weighted by atomic mass is 16.5. The van der Waals surface area contributed by atoms with Gasteiger partial charge in [-0.15, -0.1) is 0 Å². The summed E-state index contributed by atoms with van der Waals surface area (Å²) in [5.74, 6) is 0.902. The van der Waals surface area contributed by atoms with Crippen molar-refractivity contribution < 1.29 is 9.84 Å². The van der Waals surface area contributed by atoms with Crippen LogP contribution in [0.1, 0.15) is 12.5 Å². The minimum atomic E-state index is 0.0782. The van der Waals surface area contributed by atoms with E-state index in [2.05, 4.69) is 0 Å². The molecule has 0 bridgehead atoms. The standard InChI is InChI=1S/C13H14O2/c1-2-15-13-5-3-4-11-8-10(9-14)6-7-12(11)13/h3-8,14H,2,9H2,1H3. The maximum atomic E-state index is 9.04. The van der Waals surface area contributed by atoms with Crippen LogP contribution in [0.3, 0.4) is 0 Å². The fourth-order valence-electron chi connectivity index (χ4n) is 1.68. The SMILES string of the molecule is CCOc1cccc2cc(CO)ccc12. The largest absolute Gasteiger partial charge is 0.493 e. The number of ether oxygens (including phenoxy) is 1. The van der Waals surface area contributed by atoms with E-state index in [0.717, 1.165) is 22.1 Å². The molecule has 0 aliphatic heterocycles. The molecule has 15 heavy (non-hydrogen) atoms. The van der Waals surface area contributed by atoms with Crippen LogP contribution >= 0.6 is 0 Å². The first-order valence-electron chi connectivity index (χ1n) is 5.10. The third-order valence-corrected chi connectivity index (χ3v) is 2.39. The van der Waals surface area contributed by atoms with Gasteiger partial charge >= 0.3 is 0 Å². The number of aliphatic hydroxyl groups excluding tert-OH is 1. The van der Waals surface area contributed by atoms with E-state index in [4.69, 9.17) is 9.84 Å². The molecule has 0 spiro atoms. The lowest BCUT2D eigenvalue weighted by molar-refractivity contribution is 0.282. The van der Waals surface area contributed by atoms with E-state index in [-0.39, 0.29) is 6.61 Å². The first kappa shape index (κ1) is 9.99. The summed E-state index contributed by atoms with van der Waals surface area (Å²) in [5.41, 5.74) is 0.927. The third kappa shape index (κ3) is 1.95. The van der Waals surface area contributed by atoms with Gasteiger partial charge in [0.2, 0.25) is 0 Å². The van der Waals surface area contributed by atoms with Gasteiger partial charge in [-0.25, -0.2) is 0 Å². The molecule has 0 fully saturated rings. The Balaban J connectivity index is 2.56. The van der Waals surface area contributed by atoms with Crippen molar-refractivity contribution in [3.8, 4) is 5.75 Å². The number of aliphatic hydroxyl groups is 1. The van der Waals surface area contributed by atoms with Crippen LogP contribution in [0.2, 0.25) is 0 Å². The molecule has 0 saturated heterocycles. The van der Waals surface area contributed by atoms with Gasteiger partial charge in [-0.05, 0) is 30.0 Å². The Morgan fingerprint density at radius 1 is 1.20 bits per heavy atom. The van der Waals surface area contributed by atoms with E-state index in [1.165, 1.54) is 0 Å². The van der Waals surface area contributed by atoms with Gasteiger partial charge in [0.25, 0.3) is 0 Å². The molecule has 0 aliphatic rings. The second-order valence-electron chi connectivity index (χ2n) is 3.40. The summed E-state index contributed by atoms with van der Waals surface area (Å²) in [6, 6.07) is 11.9. The summed E-state index contributed by atoms with van der Waals surface area (Å²) < 4.78 is 5.53. The van der Waals surface area contributed by atoms with Crippen LogP contribution < -0.4 is 4.74 Å². The van der Waals surface area contributed by atoms with Crippen LogP contribution in [0.15, 0.2) is 36.4 Å². The summed E-state index contributed by atoms with van der Waals surface area (Å²) in [7, 11) is 0. The Hall–Kier alpha value is -1.54. The lowest BCUT2D eigenvalue weighted by Crippen LogP contribution is -1.92. The molecule has 2 aromatic rings. The summed E-state index contributed by atoms with van der Waals surface area (Å²) in [6.45, 7) is 2.72. The van der Waals surface area contributed by atoms with Gasteiger partial charge in [0.05, 0.1) is 13.2 Å². The van der Waals surface area contributed by atoms with E-state index in [0.29, 0.717) is 6.61 Å². The molecular formula is C13H14O2. The second kappa shape index (κ2) is 4.32. The molecule has 78 valence electrons. The first-order valence-corrected chi connectivity index (χ1v) is 5.10. The van der Waals surface area contributed by atoms with Crippen LogP contribution in [-0.2, 0) is 6.61 Å². The second-order valence-corrected chi connectivity index (χ2v) is 3.40. The fraction of sp³-hybridized carbons (Fsp3) is 0.231. The highest BCUT2D eigenvalue weighted by Gasteiger charge is 2.01. The Morgan fingerprint density at radius 3 is 2.80 bits per heavy atom. The van der Waals surface area contributed by atoms with Crippen molar-refractivity contribution in [2.45, 2.75) is 13.5 Å². The molecule has 2 rings (SSSR count). The van der Waals surface area contributed by atoms with Crippen molar-refractivity contribution in [3.05, 3.63) is 42.0 Å². The highest BCUT2D eigenvalue weighted by molar-refractivity contribution is 5.88. The van der Waals surface area contributed by atoms with Gasteiger partial charge < -0.3 is 9.84 Å². The van der Waals surface area contributed by atoms with Gasteiger partial charge in [-0.2, -0.15) is 0 Å². The molecule has 0 radical (unpaired) electrons.